The zero-order chi connectivity index (χ0) is 13.8. The molecule has 1 aromatic heterocycles. The highest BCUT2D eigenvalue weighted by Crippen LogP contribution is 2.16. The molecule has 0 aliphatic rings. The van der Waals surface area contributed by atoms with Gasteiger partial charge in [0.15, 0.2) is 0 Å². The first-order valence-electron chi connectivity index (χ1n) is 6.04. The third-order valence-electron chi connectivity index (χ3n) is 2.85. The van der Waals surface area contributed by atoms with Crippen molar-refractivity contribution < 1.29 is 9.21 Å². The fourth-order valence-corrected chi connectivity index (χ4v) is 1.76. The molecule has 5 heteroatoms. The largest absolute Gasteiger partial charge is 0.464 e. The number of aryl methyl sites for hydroxylation is 1. The van der Waals surface area contributed by atoms with Crippen molar-refractivity contribution >= 4 is 11.6 Å². The zero-order valence-corrected chi connectivity index (χ0v) is 10.9. The topological polar surface area (TPSA) is 80.3 Å². The van der Waals surface area contributed by atoms with Gasteiger partial charge in [0.05, 0.1) is 6.04 Å². The van der Waals surface area contributed by atoms with Crippen molar-refractivity contribution in [1.82, 2.24) is 5.32 Å². The summed E-state index contributed by atoms with van der Waals surface area (Å²) in [5.74, 6) is 6.69. The van der Waals surface area contributed by atoms with Gasteiger partial charge in [-0.25, -0.2) is 0 Å². The van der Waals surface area contributed by atoms with Crippen molar-refractivity contribution in [1.29, 1.82) is 0 Å². The average Bonchev–Trinajstić information content (AvgIpc) is 2.85. The molecule has 0 bridgehead atoms. The Balaban J connectivity index is 2.03. The second-order valence-corrected chi connectivity index (χ2v) is 4.37. The van der Waals surface area contributed by atoms with E-state index in [0.717, 1.165) is 17.2 Å². The minimum Gasteiger partial charge on any atom is -0.464 e. The minimum absolute atomic E-state index is 0.148. The SMILES string of the molecule is Cc1ccc(C(C)NC(=O)c2ccc(NN)cc2)o1. The fourth-order valence-electron chi connectivity index (χ4n) is 1.76. The lowest BCUT2D eigenvalue weighted by Crippen LogP contribution is -2.26. The third kappa shape index (κ3) is 3.14. The van der Waals surface area contributed by atoms with E-state index in [2.05, 4.69) is 10.7 Å². The van der Waals surface area contributed by atoms with Crippen LogP contribution < -0.4 is 16.6 Å². The number of nitrogens with two attached hydrogens (primary N) is 1. The van der Waals surface area contributed by atoms with Crippen LogP contribution in [0.3, 0.4) is 0 Å². The number of rotatable bonds is 4. The molecule has 0 fully saturated rings. The molecular formula is C14H17N3O2. The summed E-state index contributed by atoms with van der Waals surface area (Å²) in [6, 6.07) is 10.5. The molecule has 1 heterocycles. The Bertz CT molecular complexity index is 560. The van der Waals surface area contributed by atoms with Crippen LogP contribution in [0.15, 0.2) is 40.8 Å². The van der Waals surface area contributed by atoms with Gasteiger partial charge in [0.25, 0.3) is 5.91 Å². The number of carbonyl (C=O) groups excluding carboxylic acids is 1. The van der Waals surface area contributed by atoms with Crippen molar-refractivity contribution in [2.75, 3.05) is 5.43 Å². The van der Waals surface area contributed by atoms with Crippen molar-refractivity contribution in [2.24, 2.45) is 5.84 Å². The summed E-state index contributed by atoms with van der Waals surface area (Å²) in [4.78, 5) is 12.0. The molecule has 1 aromatic carbocycles. The Morgan fingerprint density at radius 2 is 1.89 bits per heavy atom. The van der Waals surface area contributed by atoms with Crippen LogP contribution in [0.2, 0.25) is 0 Å². The summed E-state index contributed by atoms with van der Waals surface area (Å²) in [5.41, 5.74) is 3.85. The number of hydrogen-bond donors (Lipinski definition) is 3. The molecule has 2 aromatic rings. The van der Waals surface area contributed by atoms with Crippen molar-refractivity contribution in [2.45, 2.75) is 19.9 Å². The highest BCUT2D eigenvalue weighted by molar-refractivity contribution is 5.94. The monoisotopic (exact) mass is 259 g/mol. The van der Waals surface area contributed by atoms with Gasteiger partial charge in [-0.2, -0.15) is 0 Å². The van der Waals surface area contributed by atoms with Crippen LogP contribution in [0.1, 0.15) is 34.8 Å². The normalized spacial score (nSPS) is 11.9. The van der Waals surface area contributed by atoms with Gasteiger partial charge in [0, 0.05) is 11.3 Å². The molecule has 0 spiro atoms. The van der Waals surface area contributed by atoms with Gasteiger partial charge in [-0.3, -0.25) is 10.6 Å². The number of carbonyl (C=O) groups is 1. The van der Waals surface area contributed by atoms with Gasteiger partial charge in [-0.1, -0.05) is 0 Å². The zero-order valence-electron chi connectivity index (χ0n) is 10.9. The Morgan fingerprint density at radius 3 is 2.42 bits per heavy atom. The number of nitrogens with one attached hydrogen (secondary N) is 2. The highest BCUT2D eigenvalue weighted by atomic mass is 16.3. The molecular weight excluding hydrogens is 242 g/mol. The third-order valence-corrected chi connectivity index (χ3v) is 2.85. The Kier molecular flexibility index (Phi) is 3.87. The minimum atomic E-state index is -0.173. The van der Waals surface area contributed by atoms with Crippen molar-refractivity contribution in [3.05, 3.63) is 53.5 Å². The molecule has 5 nitrogen and oxygen atoms in total. The molecule has 1 atom stereocenters. The molecule has 100 valence electrons. The summed E-state index contributed by atoms with van der Waals surface area (Å²) in [7, 11) is 0. The van der Waals surface area contributed by atoms with E-state index in [9.17, 15) is 4.79 Å². The maximum absolute atomic E-state index is 12.0. The van der Waals surface area contributed by atoms with Crippen molar-refractivity contribution in [3.8, 4) is 0 Å². The van der Waals surface area contributed by atoms with Crippen LogP contribution in [0.5, 0.6) is 0 Å². The van der Waals surface area contributed by atoms with Gasteiger partial charge < -0.3 is 15.2 Å². The van der Waals surface area contributed by atoms with Crippen LogP contribution in [0.25, 0.3) is 0 Å². The smallest absolute Gasteiger partial charge is 0.251 e. The predicted molar refractivity (Wildman–Crippen MR) is 73.6 cm³/mol. The number of anilines is 1. The van der Waals surface area contributed by atoms with E-state index in [-0.39, 0.29) is 11.9 Å². The van der Waals surface area contributed by atoms with Gasteiger partial charge >= 0.3 is 0 Å². The summed E-state index contributed by atoms with van der Waals surface area (Å²) >= 11 is 0. The van der Waals surface area contributed by atoms with E-state index in [1.54, 1.807) is 24.3 Å². The summed E-state index contributed by atoms with van der Waals surface area (Å²) in [6.45, 7) is 3.75. The first kappa shape index (κ1) is 13.2. The molecule has 1 amide bonds. The summed E-state index contributed by atoms with van der Waals surface area (Å²) in [5, 5.41) is 2.88. The van der Waals surface area contributed by atoms with Crippen LogP contribution in [-0.4, -0.2) is 5.91 Å². The summed E-state index contributed by atoms with van der Waals surface area (Å²) in [6.07, 6.45) is 0. The van der Waals surface area contributed by atoms with E-state index < -0.39 is 0 Å². The molecule has 0 aliphatic carbocycles. The maximum Gasteiger partial charge on any atom is 0.251 e. The van der Waals surface area contributed by atoms with E-state index in [4.69, 9.17) is 10.3 Å². The number of furan rings is 1. The van der Waals surface area contributed by atoms with Gasteiger partial charge in [-0.05, 0) is 50.2 Å². The van der Waals surface area contributed by atoms with E-state index in [1.165, 1.54) is 0 Å². The van der Waals surface area contributed by atoms with E-state index in [0.29, 0.717) is 5.56 Å². The second kappa shape index (κ2) is 5.58. The molecule has 0 saturated carbocycles. The highest BCUT2D eigenvalue weighted by Gasteiger charge is 2.13. The molecule has 4 N–H and O–H groups in total. The Hall–Kier alpha value is -2.27. The van der Waals surface area contributed by atoms with Gasteiger partial charge in [-0.15, -0.1) is 0 Å². The number of nitrogen functional groups attached to an aromatic ring is 1. The molecule has 0 saturated heterocycles. The molecule has 1 unspecified atom stereocenters. The molecule has 19 heavy (non-hydrogen) atoms. The molecule has 0 radical (unpaired) electrons. The van der Waals surface area contributed by atoms with E-state index >= 15 is 0 Å². The van der Waals surface area contributed by atoms with Gasteiger partial charge in [0.2, 0.25) is 0 Å². The van der Waals surface area contributed by atoms with Crippen LogP contribution >= 0.6 is 0 Å². The standard InChI is InChI=1S/C14H17N3O2/c1-9-3-8-13(19-9)10(2)16-14(18)11-4-6-12(17-15)7-5-11/h3-8,10,17H,15H2,1-2H3,(H,16,18). The second-order valence-electron chi connectivity index (χ2n) is 4.37. The molecule has 0 aliphatic heterocycles. The fraction of sp³-hybridized carbons (Fsp3) is 0.214. The van der Waals surface area contributed by atoms with Crippen LogP contribution in [-0.2, 0) is 0 Å². The number of benzene rings is 1. The Morgan fingerprint density at radius 1 is 1.21 bits per heavy atom. The number of hydrogen-bond acceptors (Lipinski definition) is 4. The van der Waals surface area contributed by atoms with Crippen LogP contribution in [0.4, 0.5) is 5.69 Å². The lowest BCUT2D eigenvalue weighted by Gasteiger charge is -2.11. The Labute approximate surface area is 111 Å². The first-order chi connectivity index (χ1) is 9.10. The average molecular weight is 259 g/mol. The quantitative estimate of drug-likeness (QED) is 0.581. The number of hydrazine groups is 1. The predicted octanol–water partition coefficient (Wildman–Crippen LogP) is 2.36. The summed E-state index contributed by atoms with van der Waals surface area (Å²) < 4.78 is 5.48. The lowest BCUT2D eigenvalue weighted by molar-refractivity contribution is 0.0935. The van der Waals surface area contributed by atoms with Gasteiger partial charge in [0.1, 0.15) is 11.5 Å². The maximum atomic E-state index is 12.0. The number of amides is 1. The lowest BCUT2D eigenvalue weighted by atomic mass is 10.1. The van der Waals surface area contributed by atoms with Crippen LogP contribution in [0, 0.1) is 6.92 Å². The van der Waals surface area contributed by atoms with Crippen molar-refractivity contribution in [3.63, 3.8) is 0 Å². The first-order valence-corrected chi connectivity index (χ1v) is 6.04. The molecule has 2 rings (SSSR count). The van der Waals surface area contributed by atoms with E-state index in [1.807, 2.05) is 26.0 Å².